The van der Waals surface area contributed by atoms with Gasteiger partial charge < -0.3 is 25.3 Å². The van der Waals surface area contributed by atoms with Crippen LogP contribution in [0, 0.1) is 5.82 Å². The number of halogens is 1. The minimum absolute atomic E-state index is 0.00752. The van der Waals surface area contributed by atoms with Gasteiger partial charge in [0.15, 0.2) is 12.6 Å². The number of carbonyl (C=O) groups excluding carboxylic acids is 1. The standard InChI is InChI=1S/C23H28FN5O2/c1-25-23(26-10-9-17-14-27-21-12-18(24)7-8-20(17)21)28-13-16-5-4-6-19(11-16)31-15-22(30)29(2)3/h4-8,11-12,14,27H,9-10,13,15H2,1-3H3,(H2,25,26,28). The monoisotopic (exact) mass is 425 g/mol. The van der Waals surface area contributed by atoms with Crippen molar-refractivity contribution in [3.05, 3.63) is 65.6 Å². The van der Waals surface area contributed by atoms with Crippen molar-refractivity contribution in [2.24, 2.45) is 4.99 Å². The summed E-state index contributed by atoms with van der Waals surface area (Å²) in [5.41, 5.74) is 2.93. The Kier molecular flexibility index (Phi) is 7.48. The summed E-state index contributed by atoms with van der Waals surface area (Å²) in [6.45, 7) is 1.25. The fourth-order valence-corrected chi connectivity index (χ4v) is 3.11. The minimum Gasteiger partial charge on any atom is -0.484 e. The highest BCUT2D eigenvalue weighted by molar-refractivity contribution is 5.83. The first-order chi connectivity index (χ1) is 15.0. The lowest BCUT2D eigenvalue weighted by molar-refractivity contribution is -0.130. The van der Waals surface area contributed by atoms with E-state index in [1.54, 1.807) is 27.2 Å². The molecule has 1 heterocycles. The number of aliphatic imine (C=N–C) groups is 1. The van der Waals surface area contributed by atoms with E-state index in [9.17, 15) is 9.18 Å². The number of benzene rings is 2. The average molecular weight is 426 g/mol. The number of hydrogen-bond donors (Lipinski definition) is 3. The van der Waals surface area contributed by atoms with Crippen molar-refractivity contribution in [1.29, 1.82) is 0 Å². The number of hydrogen-bond acceptors (Lipinski definition) is 3. The van der Waals surface area contributed by atoms with Crippen molar-refractivity contribution in [2.75, 3.05) is 34.3 Å². The number of fused-ring (bicyclic) bond motifs is 1. The summed E-state index contributed by atoms with van der Waals surface area (Å²) in [6.07, 6.45) is 2.68. The molecule has 3 aromatic rings. The Morgan fingerprint density at radius 3 is 2.81 bits per heavy atom. The smallest absolute Gasteiger partial charge is 0.259 e. The van der Waals surface area contributed by atoms with Crippen LogP contribution in [0.2, 0.25) is 0 Å². The van der Waals surface area contributed by atoms with Crippen LogP contribution in [0.1, 0.15) is 11.1 Å². The van der Waals surface area contributed by atoms with Crippen molar-refractivity contribution >= 4 is 22.8 Å². The highest BCUT2D eigenvalue weighted by atomic mass is 19.1. The van der Waals surface area contributed by atoms with Gasteiger partial charge in [0.2, 0.25) is 0 Å². The van der Waals surface area contributed by atoms with Gasteiger partial charge in [0.25, 0.3) is 5.91 Å². The number of aromatic amines is 1. The molecule has 0 aliphatic heterocycles. The quantitative estimate of drug-likeness (QED) is 0.383. The van der Waals surface area contributed by atoms with Gasteiger partial charge in [0.05, 0.1) is 0 Å². The SMILES string of the molecule is CN=C(NCCc1c[nH]c2cc(F)ccc12)NCc1cccc(OCC(=O)N(C)C)c1. The topological polar surface area (TPSA) is 81.7 Å². The molecule has 0 aliphatic carbocycles. The second-order valence-electron chi connectivity index (χ2n) is 7.33. The van der Waals surface area contributed by atoms with E-state index in [4.69, 9.17) is 4.74 Å². The highest BCUT2D eigenvalue weighted by Crippen LogP contribution is 2.19. The van der Waals surface area contributed by atoms with E-state index in [-0.39, 0.29) is 18.3 Å². The van der Waals surface area contributed by atoms with E-state index in [0.29, 0.717) is 24.8 Å². The molecule has 3 N–H and O–H groups in total. The lowest BCUT2D eigenvalue weighted by atomic mass is 10.1. The molecular formula is C23H28FN5O2. The van der Waals surface area contributed by atoms with Gasteiger partial charge in [-0.2, -0.15) is 0 Å². The van der Waals surface area contributed by atoms with Gasteiger partial charge in [0.1, 0.15) is 11.6 Å². The molecule has 0 aliphatic rings. The van der Waals surface area contributed by atoms with E-state index < -0.39 is 0 Å². The number of nitrogens with one attached hydrogen (secondary N) is 3. The van der Waals surface area contributed by atoms with E-state index in [0.717, 1.165) is 28.5 Å². The Morgan fingerprint density at radius 2 is 2.03 bits per heavy atom. The summed E-state index contributed by atoms with van der Waals surface area (Å²) in [5.74, 6) is 0.990. The van der Waals surface area contributed by atoms with Crippen molar-refractivity contribution in [3.63, 3.8) is 0 Å². The number of rotatable bonds is 8. The van der Waals surface area contributed by atoms with Gasteiger partial charge >= 0.3 is 0 Å². The molecule has 0 saturated carbocycles. The van der Waals surface area contributed by atoms with E-state index in [1.165, 1.54) is 17.0 Å². The second kappa shape index (κ2) is 10.5. The fourth-order valence-electron chi connectivity index (χ4n) is 3.11. The van der Waals surface area contributed by atoms with Gasteiger partial charge in [-0.05, 0) is 47.9 Å². The van der Waals surface area contributed by atoms with Crippen LogP contribution in [0.15, 0.2) is 53.7 Å². The maximum Gasteiger partial charge on any atom is 0.259 e. The summed E-state index contributed by atoms with van der Waals surface area (Å²) < 4.78 is 18.9. The summed E-state index contributed by atoms with van der Waals surface area (Å²) in [7, 11) is 5.11. The normalized spacial score (nSPS) is 11.4. The molecule has 0 radical (unpaired) electrons. The summed E-state index contributed by atoms with van der Waals surface area (Å²) >= 11 is 0. The second-order valence-corrected chi connectivity index (χ2v) is 7.33. The molecule has 1 aromatic heterocycles. The van der Waals surface area contributed by atoms with Crippen LogP contribution < -0.4 is 15.4 Å². The first-order valence-electron chi connectivity index (χ1n) is 10.1. The minimum atomic E-state index is -0.248. The lowest BCUT2D eigenvalue weighted by Gasteiger charge is -2.13. The number of amides is 1. The molecule has 2 aromatic carbocycles. The van der Waals surface area contributed by atoms with Crippen LogP contribution in [0.25, 0.3) is 10.9 Å². The Balaban J connectivity index is 1.48. The number of likely N-dealkylation sites (N-methyl/N-ethyl adjacent to an activating group) is 1. The molecule has 3 rings (SSSR count). The zero-order valence-electron chi connectivity index (χ0n) is 18.0. The zero-order chi connectivity index (χ0) is 22.2. The third-order valence-corrected chi connectivity index (χ3v) is 4.86. The van der Waals surface area contributed by atoms with Gasteiger partial charge in [0, 0.05) is 51.3 Å². The van der Waals surface area contributed by atoms with Gasteiger partial charge in [-0.15, -0.1) is 0 Å². The summed E-state index contributed by atoms with van der Waals surface area (Å²) in [5, 5.41) is 7.59. The molecule has 0 unspecified atom stereocenters. The molecule has 7 nitrogen and oxygen atoms in total. The number of carbonyl (C=O) groups is 1. The third kappa shape index (κ3) is 6.21. The molecule has 0 bridgehead atoms. The predicted octanol–water partition coefficient (Wildman–Crippen LogP) is 2.68. The maximum absolute atomic E-state index is 13.3. The van der Waals surface area contributed by atoms with Crippen molar-refractivity contribution in [2.45, 2.75) is 13.0 Å². The van der Waals surface area contributed by atoms with Crippen LogP contribution >= 0.6 is 0 Å². The first kappa shape index (κ1) is 22.1. The molecule has 0 saturated heterocycles. The Bertz CT molecular complexity index is 1060. The number of H-pyrrole nitrogens is 1. The lowest BCUT2D eigenvalue weighted by Crippen LogP contribution is -2.37. The number of ether oxygens (including phenoxy) is 1. The van der Waals surface area contributed by atoms with E-state index in [1.807, 2.05) is 30.5 Å². The number of nitrogens with zero attached hydrogens (tertiary/aromatic N) is 2. The van der Waals surface area contributed by atoms with Crippen molar-refractivity contribution in [3.8, 4) is 5.75 Å². The summed E-state index contributed by atoms with van der Waals surface area (Å²) in [4.78, 5) is 20.5. The third-order valence-electron chi connectivity index (χ3n) is 4.86. The molecule has 1 amide bonds. The molecule has 0 fully saturated rings. The first-order valence-corrected chi connectivity index (χ1v) is 10.1. The Morgan fingerprint density at radius 1 is 1.19 bits per heavy atom. The average Bonchev–Trinajstić information content (AvgIpc) is 3.16. The molecule has 0 atom stereocenters. The van der Waals surface area contributed by atoms with E-state index >= 15 is 0 Å². The Labute approximate surface area is 181 Å². The van der Waals surface area contributed by atoms with Crippen molar-refractivity contribution in [1.82, 2.24) is 20.5 Å². The number of guanidine groups is 1. The molecular weight excluding hydrogens is 397 g/mol. The molecule has 31 heavy (non-hydrogen) atoms. The van der Waals surface area contributed by atoms with Gasteiger partial charge in [-0.3, -0.25) is 9.79 Å². The van der Waals surface area contributed by atoms with Crippen LogP contribution in [-0.4, -0.2) is 56.0 Å². The van der Waals surface area contributed by atoms with E-state index in [2.05, 4.69) is 20.6 Å². The van der Waals surface area contributed by atoms with Gasteiger partial charge in [-0.1, -0.05) is 12.1 Å². The molecule has 164 valence electrons. The summed E-state index contributed by atoms with van der Waals surface area (Å²) in [6, 6.07) is 12.4. The zero-order valence-corrected chi connectivity index (χ0v) is 18.0. The van der Waals surface area contributed by atoms with Crippen LogP contribution in [0.3, 0.4) is 0 Å². The maximum atomic E-state index is 13.3. The Hall–Kier alpha value is -3.55. The number of aromatic nitrogens is 1. The van der Waals surface area contributed by atoms with Crippen LogP contribution in [0.4, 0.5) is 4.39 Å². The fraction of sp³-hybridized carbons (Fsp3) is 0.304. The van der Waals surface area contributed by atoms with Crippen LogP contribution in [-0.2, 0) is 17.8 Å². The highest BCUT2D eigenvalue weighted by Gasteiger charge is 2.07. The molecule has 0 spiro atoms. The largest absolute Gasteiger partial charge is 0.484 e. The van der Waals surface area contributed by atoms with Gasteiger partial charge in [-0.25, -0.2) is 4.39 Å². The molecule has 8 heteroatoms. The predicted molar refractivity (Wildman–Crippen MR) is 121 cm³/mol. The van der Waals surface area contributed by atoms with Crippen molar-refractivity contribution < 1.29 is 13.9 Å². The van der Waals surface area contributed by atoms with Crippen LogP contribution in [0.5, 0.6) is 5.75 Å².